The average Bonchev–Trinajstić information content (AvgIpc) is 3.97. The summed E-state index contributed by atoms with van der Waals surface area (Å²) in [6.07, 6.45) is 0. The number of fused-ring (bicyclic) bond motifs is 9. The third-order valence-electron chi connectivity index (χ3n) is 11.0. The van der Waals surface area contributed by atoms with Gasteiger partial charge in [-0.25, -0.2) is 9.97 Å². The van der Waals surface area contributed by atoms with Crippen molar-refractivity contribution >= 4 is 75.9 Å². The smallest absolute Gasteiger partial charge is 0.238 e. The highest BCUT2D eigenvalue weighted by Gasteiger charge is 2.24. The number of para-hydroxylation sites is 2. The van der Waals surface area contributed by atoms with Crippen LogP contribution in [0.3, 0.4) is 0 Å². The molecule has 0 atom stereocenters. The van der Waals surface area contributed by atoms with E-state index >= 15 is 0 Å². The van der Waals surface area contributed by atoms with Crippen molar-refractivity contribution in [3.05, 3.63) is 182 Å². The van der Waals surface area contributed by atoms with Crippen molar-refractivity contribution in [2.24, 2.45) is 0 Å². The fourth-order valence-corrected chi connectivity index (χ4v) is 9.48. The van der Waals surface area contributed by atoms with Gasteiger partial charge < -0.3 is 4.57 Å². The third kappa shape index (κ3) is 4.96. The van der Waals surface area contributed by atoms with E-state index in [1.165, 1.54) is 16.2 Å². The second-order valence-corrected chi connectivity index (χ2v) is 15.3. The molecule has 4 heterocycles. The zero-order valence-corrected chi connectivity index (χ0v) is 31.2. The molecule has 57 heavy (non-hydrogen) atoms. The summed E-state index contributed by atoms with van der Waals surface area (Å²) >= 11 is 1.74. The van der Waals surface area contributed by atoms with Crippen molar-refractivity contribution in [1.82, 2.24) is 29.1 Å². The lowest BCUT2D eigenvalue weighted by Gasteiger charge is -2.13. The van der Waals surface area contributed by atoms with Gasteiger partial charge in [-0.1, -0.05) is 152 Å². The Hall–Kier alpha value is -7.48. The van der Waals surface area contributed by atoms with Crippen LogP contribution in [0.4, 0.5) is 0 Å². The van der Waals surface area contributed by atoms with Crippen molar-refractivity contribution in [3.63, 3.8) is 0 Å². The van der Waals surface area contributed by atoms with Gasteiger partial charge in [-0.15, -0.1) is 11.3 Å². The Kier molecular flexibility index (Phi) is 7.00. The predicted molar refractivity (Wildman–Crippen MR) is 235 cm³/mol. The van der Waals surface area contributed by atoms with Crippen molar-refractivity contribution in [1.29, 1.82) is 0 Å². The number of hydrogen-bond acceptors (Lipinski definition) is 5. The van der Waals surface area contributed by atoms with E-state index in [2.05, 4.69) is 155 Å². The minimum absolute atomic E-state index is 0.563. The largest absolute Gasteiger partial charge is 0.306 e. The first kappa shape index (κ1) is 31.8. The molecule has 0 saturated heterocycles. The minimum Gasteiger partial charge on any atom is -0.306 e. The van der Waals surface area contributed by atoms with E-state index in [4.69, 9.17) is 19.9 Å². The normalized spacial score (nSPS) is 11.9. The zero-order valence-electron chi connectivity index (χ0n) is 30.4. The van der Waals surface area contributed by atoms with E-state index < -0.39 is 0 Å². The Morgan fingerprint density at radius 2 is 0.965 bits per heavy atom. The molecule has 0 aliphatic heterocycles. The second kappa shape index (κ2) is 12.5. The monoisotopic (exact) mass is 746 g/mol. The van der Waals surface area contributed by atoms with Gasteiger partial charge in [0, 0.05) is 38.2 Å². The van der Waals surface area contributed by atoms with Crippen molar-refractivity contribution in [3.8, 4) is 45.0 Å². The van der Waals surface area contributed by atoms with Crippen LogP contribution in [0, 0.1) is 0 Å². The number of hydrogen-bond donors (Lipinski definition) is 0. The van der Waals surface area contributed by atoms with Gasteiger partial charge in [-0.2, -0.15) is 9.97 Å². The first-order valence-electron chi connectivity index (χ1n) is 19.0. The molecular weight excluding hydrogens is 717 g/mol. The standard InChI is InChI=1S/C50H30N6S/c1-3-15-32(16-4-1)47-52-48(33-17-5-2-6-18-33)54-50(53-47)56-42-24-12-10-21-37(42)39-29-28-38-36-20-9-11-23-41(36)55(44(38)45(39)56)43-25-13-22-40-46(43)57-49(51-40)35-27-26-31-14-7-8-19-34(31)30-35/h1-30H. The lowest BCUT2D eigenvalue weighted by atomic mass is 10.1. The third-order valence-corrected chi connectivity index (χ3v) is 12.1. The number of nitrogens with zero attached hydrogens (tertiary/aromatic N) is 6. The Labute approximate surface area is 330 Å². The van der Waals surface area contributed by atoms with Gasteiger partial charge >= 0.3 is 0 Å². The zero-order chi connectivity index (χ0) is 37.5. The maximum absolute atomic E-state index is 5.27. The van der Waals surface area contributed by atoms with Crippen LogP contribution in [-0.4, -0.2) is 29.1 Å². The molecule has 0 N–H and O–H groups in total. The Bertz CT molecular complexity index is 3470. The van der Waals surface area contributed by atoms with E-state index in [-0.39, 0.29) is 0 Å². The van der Waals surface area contributed by atoms with Gasteiger partial charge in [0.1, 0.15) is 5.01 Å². The first-order chi connectivity index (χ1) is 28.3. The summed E-state index contributed by atoms with van der Waals surface area (Å²) in [5, 5.41) is 8.00. The molecule has 0 unspecified atom stereocenters. The van der Waals surface area contributed by atoms with Crippen LogP contribution in [-0.2, 0) is 0 Å². The highest BCUT2D eigenvalue weighted by molar-refractivity contribution is 7.22. The van der Waals surface area contributed by atoms with E-state index in [9.17, 15) is 0 Å². The molecule has 0 spiro atoms. The topological polar surface area (TPSA) is 61.4 Å². The number of thiazole rings is 1. The van der Waals surface area contributed by atoms with Crippen LogP contribution in [0.1, 0.15) is 0 Å². The lowest BCUT2D eigenvalue weighted by Crippen LogP contribution is -2.07. The molecule has 0 fully saturated rings. The van der Waals surface area contributed by atoms with Gasteiger partial charge in [0.25, 0.3) is 0 Å². The lowest BCUT2D eigenvalue weighted by molar-refractivity contribution is 0.953. The summed E-state index contributed by atoms with van der Waals surface area (Å²) in [6.45, 7) is 0. The Balaban J connectivity index is 1.19. The van der Waals surface area contributed by atoms with Crippen molar-refractivity contribution < 1.29 is 0 Å². The summed E-state index contributed by atoms with van der Waals surface area (Å²) in [4.78, 5) is 20.8. The summed E-state index contributed by atoms with van der Waals surface area (Å²) < 4.78 is 5.81. The molecule has 0 aliphatic carbocycles. The molecule has 7 heteroatoms. The van der Waals surface area contributed by atoms with Crippen molar-refractivity contribution in [2.45, 2.75) is 0 Å². The fourth-order valence-electron chi connectivity index (χ4n) is 8.41. The molecule has 0 radical (unpaired) electrons. The van der Waals surface area contributed by atoms with Crippen molar-refractivity contribution in [2.75, 3.05) is 0 Å². The molecule has 0 aliphatic rings. The summed E-state index contributed by atoms with van der Waals surface area (Å²) in [6, 6.07) is 63.7. The van der Waals surface area contributed by atoms with Gasteiger partial charge in [0.15, 0.2) is 11.6 Å². The van der Waals surface area contributed by atoms with E-state index in [0.29, 0.717) is 17.6 Å². The predicted octanol–water partition coefficient (Wildman–Crippen LogP) is 12.8. The maximum atomic E-state index is 5.27. The molecule has 4 aromatic heterocycles. The molecule has 266 valence electrons. The van der Waals surface area contributed by atoms with Crippen LogP contribution in [0.25, 0.3) is 110 Å². The summed E-state index contributed by atoms with van der Waals surface area (Å²) in [5.74, 6) is 1.80. The van der Waals surface area contributed by atoms with E-state index in [0.717, 1.165) is 75.8 Å². The first-order valence-corrected chi connectivity index (χ1v) is 19.8. The number of aromatic nitrogens is 6. The fraction of sp³-hybridized carbons (Fsp3) is 0. The van der Waals surface area contributed by atoms with Crippen LogP contribution < -0.4 is 0 Å². The highest BCUT2D eigenvalue weighted by atomic mass is 32.1. The van der Waals surface area contributed by atoms with Crippen LogP contribution >= 0.6 is 11.3 Å². The molecule has 12 aromatic rings. The molecule has 0 amide bonds. The van der Waals surface area contributed by atoms with Gasteiger partial charge in [0.2, 0.25) is 5.95 Å². The Morgan fingerprint density at radius 3 is 1.65 bits per heavy atom. The van der Waals surface area contributed by atoms with E-state index in [1.807, 2.05) is 36.4 Å². The summed E-state index contributed by atoms with van der Waals surface area (Å²) in [7, 11) is 0. The molecule has 12 rings (SSSR count). The molecule has 6 nitrogen and oxygen atoms in total. The highest BCUT2D eigenvalue weighted by Crippen LogP contribution is 2.44. The van der Waals surface area contributed by atoms with Crippen LogP contribution in [0.5, 0.6) is 0 Å². The number of rotatable bonds is 5. The van der Waals surface area contributed by atoms with Gasteiger partial charge in [-0.05, 0) is 41.1 Å². The van der Waals surface area contributed by atoms with Gasteiger partial charge in [0.05, 0.1) is 38.0 Å². The average molecular weight is 747 g/mol. The molecule has 0 bridgehead atoms. The second-order valence-electron chi connectivity index (χ2n) is 14.3. The Morgan fingerprint density at radius 1 is 0.386 bits per heavy atom. The van der Waals surface area contributed by atoms with E-state index in [1.54, 1.807) is 11.3 Å². The SMILES string of the molecule is c1ccc(-c2nc(-c3ccccc3)nc(-n3c4ccccc4c4ccc5c6ccccc6n(-c6cccc7nc(-c8ccc9ccccc9c8)sc67)c5c43)n2)cc1. The van der Waals surface area contributed by atoms with Crippen LogP contribution in [0.15, 0.2) is 182 Å². The summed E-state index contributed by atoms with van der Waals surface area (Å²) in [5.41, 5.74) is 9.28. The molecular formula is C50H30N6S. The molecule has 8 aromatic carbocycles. The minimum atomic E-state index is 0.563. The maximum Gasteiger partial charge on any atom is 0.238 e. The number of benzene rings is 8. The quantitative estimate of drug-likeness (QED) is 0.176. The van der Waals surface area contributed by atoms with Gasteiger partial charge in [-0.3, -0.25) is 4.57 Å². The molecule has 0 saturated carbocycles. The van der Waals surface area contributed by atoms with Crippen LogP contribution in [0.2, 0.25) is 0 Å².